The Morgan fingerprint density at radius 3 is 2.94 bits per heavy atom. The average molecular weight is 215 g/mol. The summed E-state index contributed by atoms with van der Waals surface area (Å²) in [7, 11) is 0. The highest BCUT2D eigenvalue weighted by Crippen LogP contribution is 2.33. The summed E-state index contributed by atoms with van der Waals surface area (Å²) in [4.78, 5) is 0. The van der Waals surface area contributed by atoms with Gasteiger partial charge in [0.25, 0.3) is 0 Å². The lowest BCUT2D eigenvalue weighted by molar-refractivity contribution is 0.729. The van der Waals surface area contributed by atoms with E-state index in [2.05, 4.69) is 25.1 Å². The second-order valence-corrected chi connectivity index (χ2v) is 4.64. The minimum atomic E-state index is 0.894. The van der Waals surface area contributed by atoms with Gasteiger partial charge in [0.15, 0.2) is 0 Å². The van der Waals surface area contributed by atoms with Crippen LogP contribution in [-0.2, 0) is 6.42 Å². The first-order valence-electron chi connectivity index (χ1n) is 6.39. The van der Waals surface area contributed by atoms with Crippen molar-refractivity contribution in [3.05, 3.63) is 35.4 Å². The highest BCUT2D eigenvalue weighted by Gasteiger charge is 2.15. The predicted molar refractivity (Wildman–Crippen MR) is 71.3 cm³/mol. The van der Waals surface area contributed by atoms with Gasteiger partial charge in [-0.05, 0) is 54.5 Å². The summed E-state index contributed by atoms with van der Waals surface area (Å²) >= 11 is 0. The molecule has 0 saturated carbocycles. The molecule has 0 atom stereocenters. The Labute approximate surface area is 98.4 Å². The summed E-state index contributed by atoms with van der Waals surface area (Å²) in [5, 5.41) is 0. The minimum absolute atomic E-state index is 0.894. The molecular weight excluding hydrogens is 194 g/mol. The van der Waals surface area contributed by atoms with Crippen LogP contribution in [0.5, 0.6) is 0 Å². The molecule has 1 aromatic carbocycles. The van der Waals surface area contributed by atoms with Crippen molar-refractivity contribution in [2.24, 2.45) is 0 Å². The molecule has 0 saturated heterocycles. The summed E-state index contributed by atoms with van der Waals surface area (Å²) in [6.45, 7) is 2.25. The van der Waals surface area contributed by atoms with Crippen LogP contribution in [0.2, 0.25) is 0 Å². The predicted octanol–water partition coefficient (Wildman–Crippen LogP) is 4.18. The highest BCUT2D eigenvalue weighted by molar-refractivity contribution is 5.74. The molecule has 0 radical (unpaired) electrons. The third-order valence-electron chi connectivity index (χ3n) is 3.34. The van der Waals surface area contributed by atoms with Gasteiger partial charge < -0.3 is 5.73 Å². The molecule has 0 spiro atoms. The zero-order valence-corrected chi connectivity index (χ0v) is 10.1. The van der Waals surface area contributed by atoms with E-state index >= 15 is 0 Å². The third-order valence-corrected chi connectivity index (χ3v) is 3.34. The molecule has 1 nitrogen and oxygen atoms in total. The van der Waals surface area contributed by atoms with Crippen LogP contribution in [0.25, 0.3) is 5.57 Å². The third kappa shape index (κ3) is 2.46. The standard InChI is InChI=1S/C15H21N/c1-2-3-4-5-6-12-7-8-13-11-14(16)9-10-15(12)13/h6,9-11H,2-5,7-8,16H2,1H3. The summed E-state index contributed by atoms with van der Waals surface area (Å²) in [5.74, 6) is 0. The summed E-state index contributed by atoms with van der Waals surface area (Å²) in [6, 6.07) is 6.33. The van der Waals surface area contributed by atoms with Crippen molar-refractivity contribution in [1.82, 2.24) is 0 Å². The quantitative estimate of drug-likeness (QED) is 0.592. The SMILES string of the molecule is CCCCCC=C1CCc2cc(N)ccc21. The molecule has 86 valence electrons. The summed E-state index contributed by atoms with van der Waals surface area (Å²) < 4.78 is 0. The molecule has 0 aromatic heterocycles. The largest absolute Gasteiger partial charge is 0.399 e. The van der Waals surface area contributed by atoms with E-state index in [9.17, 15) is 0 Å². The van der Waals surface area contributed by atoms with Crippen LogP contribution in [-0.4, -0.2) is 0 Å². The Morgan fingerprint density at radius 2 is 2.12 bits per heavy atom. The number of anilines is 1. The van der Waals surface area contributed by atoms with E-state index in [0.717, 1.165) is 5.69 Å². The molecular formula is C15H21N. The van der Waals surface area contributed by atoms with Crippen molar-refractivity contribution in [2.75, 3.05) is 5.73 Å². The van der Waals surface area contributed by atoms with Crippen LogP contribution in [0.4, 0.5) is 5.69 Å². The fourth-order valence-corrected chi connectivity index (χ4v) is 2.42. The van der Waals surface area contributed by atoms with Gasteiger partial charge in [-0.3, -0.25) is 0 Å². The minimum Gasteiger partial charge on any atom is -0.399 e. The van der Waals surface area contributed by atoms with Crippen molar-refractivity contribution in [3.8, 4) is 0 Å². The Kier molecular flexibility index (Phi) is 3.66. The molecule has 1 aromatic rings. The van der Waals surface area contributed by atoms with Crippen LogP contribution >= 0.6 is 0 Å². The smallest absolute Gasteiger partial charge is 0.0317 e. The number of rotatable bonds is 4. The van der Waals surface area contributed by atoms with Crippen molar-refractivity contribution in [2.45, 2.75) is 45.4 Å². The van der Waals surface area contributed by atoms with Gasteiger partial charge in [-0.2, -0.15) is 0 Å². The molecule has 16 heavy (non-hydrogen) atoms. The molecule has 1 aliphatic rings. The molecule has 1 aliphatic carbocycles. The topological polar surface area (TPSA) is 26.0 Å². The number of benzene rings is 1. The van der Waals surface area contributed by atoms with Gasteiger partial charge in [0.1, 0.15) is 0 Å². The number of fused-ring (bicyclic) bond motifs is 1. The van der Waals surface area contributed by atoms with Gasteiger partial charge in [0, 0.05) is 5.69 Å². The fraction of sp³-hybridized carbons (Fsp3) is 0.467. The van der Waals surface area contributed by atoms with Gasteiger partial charge in [0.2, 0.25) is 0 Å². The summed E-state index contributed by atoms with van der Waals surface area (Å²) in [6.07, 6.45) is 9.99. The van der Waals surface area contributed by atoms with E-state index in [4.69, 9.17) is 5.73 Å². The Hall–Kier alpha value is -1.24. The Balaban J connectivity index is 2.05. The first-order valence-corrected chi connectivity index (χ1v) is 6.39. The van der Waals surface area contributed by atoms with Crippen molar-refractivity contribution < 1.29 is 0 Å². The average Bonchev–Trinajstić information content (AvgIpc) is 2.67. The zero-order valence-electron chi connectivity index (χ0n) is 10.1. The number of nitrogen functional groups attached to an aromatic ring is 1. The van der Waals surface area contributed by atoms with Gasteiger partial charge in [-0.25, -0.2) is 0 Å². The van der Waals surface area contributed by atoms with E-state index in [1.165, 1.54) is 55.2 Å². The second kappa shape index (κ2) is 5.20. The van der Waals surface area contributed by atoms with Crippen LogP contribution in [0.3, 0.4) is 0 Å². The maximum Gasteiger partial charge on any atom is 0.0317 e. The van der Waals surface area contributed by atoms with Gasteiger partial charge in [-0.15, -0.1) is 0 Å². The molecule has 0 bridgehead atoms. The summed E-state index contributed by atoms with van der Waals surface area (Å²) in [5.41, 5.74) is 11.1. The number of hydrogen-bond acceptors (Lipinski definition) is 1. The fourth-order valence-electron chi connectivity index (χ4n) is 2.42. The molecule has 0 fully saturated rings. The van der Waals surface area contributed by atoms with Gasteiger partial charge >= 0.3 is 0 Å². The number of hydrogen-bond donors (Lipinski definition) is 1. The van der Waals surface area contributed by atoms with Crippen LogP contribution in [0.15, 0.2) is 24.3 Å². The normalized spacial score (nSPS) is 16.7. The van der Waals surface area contributed by atoms with Crippen LogP contribution in [0, 0.1) is 0 Å². The highest BCUT2D eigenvalue weighted by atomic mass is 14.5. The number of aryl methyl sites for hydroxylation is 1. The number of unbranched alkanes of at least 4 members (excludes halogenated alkanes) is 3. The van der Waals surface area contributed by atoms with E-state index in [1.807, 2.05) is 6.07 Å². The molecule has 0 unspecified atom stereocenters. The number of allylic oxidation sites excluding steroid dienone is 2. The van der Waals surface area contributed by atoms with Crippen molar-refractivity contribution >= 4 is 11.3 Å². The van der Waals surface area contributed by atoms with E-state index < -0.39 is 0 Å². The maximum atomic E-state index is 5.80. The Morgan fingerprint density at radius 1 is 1.25 bits per heavy atom. The second-order valence-electron chi connectivity index (χ2n) is 4.64. The lowest BCUT2D eigenvalue weighted by Gasteiger charge is -2.02. The molecule has 2 N–H and O–H groups in total. The molecule has 0 aliphatic heterocycles. The van der Waals surface area contributed by atoms with E-state index in [0.29, 0.717) is 0 Å². The first kappa shape index (κ1) is 11.3. The molecule has 0 heterocycles. The first-order chi connectivity index (χ1) is 7.81. The molecule has 1 heteroatoms. The van der Waals surface area contributed by atoms with Crippen LogP contribution in [0.1, 0.15) is 50.2 Å². The van der Waals surface area contributed by atoms with E-state index in [1.54, 1.807) is 0 Å². The lowest BCUT2D eigenvalue weighted by atomic mass is 10.0. The maximum absolute atomic E-state index is 5.80. The number of nitrogens with two attached hydrogens (primary N) is 1. The van der Waals surface area contributed by atoms with Crippen LogP contribution < -0.4 is 5.73 Å². The molecule has 2 rings (SSSR count). The van der Waals surface area contributed by atoms with Crippen molar-refractivity contribution in [3.63, 3.8) is 0 Å². The van der Waals surface area contributed by atoms with Gasteiger partial charge in [-0.1, -0.05) is 31.9 Å². The zero-order chi connectivity index (χ0) is 11.4. The lowest BCUT2D eigenvalue weighted by Crippen LogP contribution is -1.87. The monoisotopic (exact) mass is 215 g/mol. The molecule has 0 amide bonds. The van der Waals surface area contributed by atoms with Crippen molar-refractivity contribution in [1.29, 1.82) is 0 Å². The Bertz CT molecular complexity index is 390. The van der Waals surface area contributed by atoms with E-state index in [-0.39, 0.29) is 0 Å². The van der Waals surface area contributed by atoms with Gasteiger partial charge in [0.05, 0.1) is 0 Å².